The van der Waals surface area contributed by atoms with Gasteiger partial charge in [0.2, 0.25) is 11.8 Å². The lowest BCUT2D eigenvalue weighted by Crippen LogP contribution is -2.33. The average molecular weight is 419 g/mol. The molecule has 2 heterocycles. The predicted molar refractivity (Wildman–Crippen MR) is 108 cm³/mol. The fourth-order valence-corrected chi connectivity index (χ4v) is 2.97. The Labute approximate surface area is 169 Å². The van der Waals surface area contributed by atoms with Crippen LogP contribution in [-0.2, 0) is 23.1 Å². The van der Waals surface area contributed by atoms with Gasteiger partial charge in [0.25, 0.3) is 5.56 Å². The molecule has 1 aromatic carbocycles. The summed E-state index contributed by atoms with van der Waals surface area (Å²) in [5.74, 6) is -0.384. The predicted octanol–water partition coefficient (Wildman–Crippen LogP) is 0.599. The molecule has 0 aliphatic heterocycles. The highest BCUT2D eigenvalue weighted by Crippen LogP contribution is 2.22. The Kier molecular flexibility index (Phi) is 5.83. The van der Waals surface area contributed by atoms with Gasteiger partial charge in [-0.25, -0.2) is 9.78 Å². The summed E-state index contributed by atoms with van der Waals surface area (Å²) < 4.78 is 1.21. The lowest BCUT2D eigenvalue weighted by Gasteiger charge is -2.08. The van der Waals surface area contributed by atoms with Crippen molar-refractivity contribution in [1.82, 2.24) is 24.8 Å². The number of H-pyrrole nitrogens is 2. The average Bonchev–Trinajstić information content (AvgIpc) is 3.10. The van der Waals surface area contributed by atoms with Crippen LogP contribution in [0.4, 0.5) is 5.69 Å². The third kappa shape index (κ3) is 4.72. The molecular weight excluding hydrogens is 400 g/mol. The van der Waals surface area contributed by atoms with Crippen LogP contribution in [0.25, 0.3) is 11.2 Å². The van der Waals surface area contributed by atoms with Gasteiger partial charge in [-0.15, -0.1) is 0 Å². The van der Waals surface area contributed by atoms with Gasteiger partial charge in [0, 0.05) is 19.9 Å². The number of aryl methyl sites for hydroxylation is 3. The van der Waals surface area contributed by atoms with Crippen LogP contribution in [0.3, 0.4) is 0 Å². The summed E-state index contributed by atoms with van der Waals surface area (Å²) in [7, 11) is 1.48. The van der Waals surface area contributed by atoms with Gasteiger partial charge in [0.1, 0.15) is 11.3 Å². The number of nitrogens with one attached hydrogen (secondary N) is 4. The van der Waals surface area contributed by atoms with Gasteiger partial charge in [-0.1, -0.05) is 17.7 Å². The first-order valence-electron chi connectivity index (χ1n) is 8.75. The Balaban J connectivity index is 1.53. The van der Waals surface area contributed by atoms with E-state index < -0.39 is 17.2 Å². The fourth-order valence-electron chi connectivity index (χ4n) is 2.69. The molecular formula is C18H19ClN6O4. The first-order chi connectivity index (χ1) is 13.7. The summed E-state index contributed by atoms with van der Waals surface area (Å²) in [6, 6.07) is 5.23. The normalized spacial score (nSPS) is 10.9. The van der Waals surface area contributed by atoms with Crippen LogP contribution >= 0.6 is 11.6 Å². The van der Waals surface area contributed by atoms with Crippen molar-refractivity contribution in [1.29, 1.82) is 0 Å². The molecule has 29 heavy (non-hydrogen) atoms. The number of hydrogen-bond acceptors (Lipinski definition) is 5. The van der Waals surface area contributed by atoms with Crippen molar-refractivity contribution in [3.8, 4) is 0 Å². The summed E-state index contributed by atoms with van der Waals surface area (Å²) in [6.07, 6.45) is 0.254. The summed E-state index contributed by atoms with van der Waals surface area (Å²) >= 11 is 6.06. The Bertz CT molecular complexity index is 1210. The molecule has 0 atom stereocenters. The number of anilines is 1. The van der Waals surface area contributed by atoms with Crippen molar-refractivity contribution in [2.45, 2.75) is 19.8 Å². The molecule has 0 fully saturated rings. The number of fused-ring (bicyclic) bond motifs is 1. The van der Waals surface area contributed by atoms with E-state index in [1.54, 1.807) is 12.1 Å². The number of nitrogens with zero attached hydrogens (tertiary/aromatic N) is 2. The van der Waals surface area contributed by atoms with Crippen molar-refractivity contribution in [2.24, 2.45) is 7.05 Å². The van der Waals surface area contributed by atoms with E-state index in [1.165, 1.54) is 11.6 Å². The monoisotopic (exact) mass is 418 g/mol. The number of benzene rings is 1. The molecule has 152 valence electrons. The molecule has 0 aliphatic rings. The summed E-state index contributed by atoms with van der Waals surface area (Å²) in [4.78, 5) is 56.5. The van der Waals surface area contributed by atoms with Crippen LogP contribution < -0.4 is 21.9 Å². The summed E-state index contributed by atoms with van der Waals surface area (Å²) in [5, 5.41) is 5.55. The van der Waals surface area contributed by atoms with E-state index in [4.69, 9.17) is 11.6 Å². The van der Waals surface area contributed by atoms with Crippen LogP contribution in [-0.4, -0.2) is 37.9 Å². The zero-order valence-electron chi connectivity index (χ0n) is 15.8. The van der Waals surface area contributed by atoms with Gasteiger partial charge >= 0.3 is 5.69 Å². The van der Waals surface area contributed by atoms with Crippen molar-refractivity contribution in [2.75, 3.05) is 11.9 Å². The molecule has 11 heteroatoms. The number of hydrogen-bond donors (Lipinski definition) is 4. The Morgan fingerprint density at radius 1 is 1.21 bits per heavy atom. The molecule has 0 unspecified atom stereocenters. The maximum Gasteiger partial charge on any atom is 0.329 e. The summed E-state index contributed by atoms with van der Waals surface area (Å²) in [5.41, 5.74) is 0.666. The van der Waals surface area contributed by atoms with E-state index in [2.05, 4.69) is 25.6 Å². The van der Waals surface area contributed by atoms with Crippen molar-refractivity contribution < 1.29 is 9.59 Å². The molecule has 3 aromatic rings. The minimum atomic E-state index is -0.572. The zero-order valence-corrected chi connectivity index (χ0v) is 16.5. The number of aromatic nitrogens is 4. The lowest BCUT2D eigenvalue weighted by atomic mass is 10.2. The molecule has 0 radical (unpaired) electrons. The second kappa shape index (κ2) is 8.31. The Hall–Kier alpha value is -3.40. The number of halogens is 1. The van der Waals surface area contributed by atoms with Crippen molar-refractivity contribution in [3.05, 3.63) is 55.4 Å². The minimum Gasteiger partial charge on any atom is -0.347 e. The molecule has 4 N–H and O–H groups in total. The first-order valence-corrected chi connectivity index (χ1v) is 9.13. The molecule has 0 spiro atoms. The molecule has 2 aromatic heterocycles. The highest BCUT2D eigenvalue weighted by molar-refractivity contribution is 6.33. The summed E-state index contributed by atoms with van der Waals surface area (Å²) in [6.45, 7) is 1.67. The van der Waals surface area contributed by atoms with E-state index in [-0.39, 0.29) is 36.5 Å². The van der Waals surface area contributed by atoms with Gasteiger partial charge in [-0.2, -0.15) is 0 Å². The zero-order chi connectivity index (χ0) is 21.1. The van der Waals surface area contributed by atoms with Gasteiger partial charge in [0.15, 0.2) is 5.65 Å². The first kappa shape index (κ1) is 20.3. The van der Waals surface area contributed by atoms with Crippen LogP contribution in [0.2, 0.25) is 5.02 Å². The Morgan fingerprint density at radius 2 is 1.97 bits per heavy atom. The van der Waals surface area contributed by atoms with Crippen molar-refractivity contribution in [3.63, 3.8) is 0 Å². The fraction of sp³-hybridized carbons (Fsp3) is 0.278. The van der Waals surface area contributed by atoms with Crippen LogP contribution in [0.1, 0.15) is 17.8 Å². The van der Waals surface area contributed by atoms with Crippen molar-refractivity contribution >= 4 is 40.3 Å². The number of aromatic amines is 2. The van der Waals surface area contributed by atoms with Crippen LogP contribution in [0.5, 0.6) is 0 Å². The molecule has 0 aliphatic carbocycles. The van der Waals surface area contributed by atoms with E-state index in [0.29, 0.717) is 16.5 Å². The van der Waals surface area contributed by atoms with Gasteiger partial charge in [0.05, 0.1) is 17.3 Å². The topological polar surface area (TPSA) is 142 Å². The quantitative estimate of drug-likeness (QED) is 0.463. The standard InChI is InChI=1S/C18H19ClN6O4/c1-9-3-4-11(10(19)7-9)21-14(27)8-20-13(26)6-5-12-22-15-16(23-12)25(2)18(29)24-17(15)28/h3-4,7H,5-6,8H2,1-2H3,(H,20,26)(H,21,27)(H,22,23)(H,24,28,29). The SMILES string of the molecule is Cc1ccc(NC(=O)CNC(=O)CCc2nc3c([nH]2)c(=O)[nH]c(=O)n3C)c(Cl)c1. The maximum absolute atomic E-state index is 12.0. The largest absolute Gasteiger partial charge is 0.347 e. The van der Waals surface area contributed by atoms with Crippen LogP contribution in [0.15, 0.2) is 27.8 Å². The molecule has 0 saturated heterocycles. The number of carbonyl (C=O) groups is 2. The maximum atomic E-state index is 12.0. The highest BCUT2D eigenvalue weighted by atomic mass is 35.5. The third-order valence-corrected chi connectivity index (χ3v) is 4.55. The van der Waals surface area contributed by atoms with Gasteiger partial charge in [-0.05, 0) is 24.6 Å². The molecule has 2 amide bonds. The van der Waals surface area contributed by atoms with E-state index in [0.717, 1.165) is 5.56 Å². The number of rotatable bonds is 6. The molecule has 0 saturated carbocycles. The number of amides is 2. The van der Waals surface area contributed by atoms with E-state index in [9.17, 15) is 19.2 Å². The highest BCUT2D eigenvalue weighted by Gasteiger charge is 2.13. The lowest BCUT2D eigenvalue weighted by molar-refractivity contribution is -0.124. The second-order valence-corrected chi connectivity index (χ2v) is 6.92. The molecule has 10 nitrogen and oxygen atoms in total. The third-order valence-electron chi connectivity index (χ3n) is 4.24. The second-order valence-electron chi connectivity index (χ2n) is 6.51. The molecule has 0 bridgehead atoms. The van der Waals surface area contributed by atoms with Gasteiger partial charge < -0.3 is 15.6 Å². The minimum absolute atomic E-state index is 0.0459. The van der Waals surface area contributed by atoms with Gasteiger partial charge in [-0.3, -0.25) is 23.9 Å². The molecule has 3 rings (SSSR count). The smallest absolute Gasteiger partial charge is 0.329 e. The number of carbonyl (C=O) groups excluding carboxylic acids is 2. The van der Waals surface area contributed by atoms with E-state index in [1.807, 2.05) is 13.0 Å². The van der Waals surface area contributed by atoms with E-state index >= 15 is 0 Å². The Morgan fingerprint density at radius 3 is 2.69 bits per heavy atom. The van der Waals surface area contributed by atoms with Crippen LogP contribution in [0, 0.1) is 6.92 Å². The number of imidazole rings is 1.